The van der Waals surface area contributed by atoms with Crippen molar-refractivity contribution < 1.29 is 14.3 Å². The fourth-order valence-electron chi connectivity index (χ4n) is 2.08. The number of hydrogen-bond donors (Lipinski definition) is 1. The number of ether oxygens (including phenoxy) is 2. The van der Waals surface area contributed by atoms with Gasteiger partial charge in [-0.25, -0.2) is 0 Å². The molecular formula is C18H21NO3. The summed E-state index contributed by atoms with van der Waals surface area (Å²) in [6, 6.07) is 18.0. The average molecular weight is 299 g/mol. The zero-order valence-corrected chi connectivity index (χ0v) is 12.7. The van der Waals surface area contributed by atoms with Crippen molar-refractivity contribution in [2.24, 2.45) is 0 Å². The molecule has 0 radical (unpaired) electrons. The van der Waals surface area contributed by atoms with E-state index in [0.29, 0.717) is 26.2 Å². The Hall–Kier alpha value is -2.33. The highest BCUT2D eigenvalue weighted by atomic mass is 16.5. The third-order valence-electron chi connectivity index (χ3n) is 3.19. The number of nitrogens with one attached hydrogen (secondary N) is 1. The first-order valence-corrected chi connectivity index (χ1v) is 7.34. The predicted molar refractivity (Wildman–Crippen MR) is 86.9 cm³/mol. The van der Waals surface area contributed by atoms with Crippen LogP contribution in [0.1, 0.15) is 6.42 Å². The van der Waals surface area contributed by atoms with Crippen LogP contribution in [0.3, 0.4) is 0 Å². The van der Waals surface area contributed by atoms with Crippen LogP contribution in [-0.2, 0) is 9.53 Å². The van der Waals surface area contributed by atoms with Crippen LogP contribution < -0.4 is 10.1 Å². The Kier molecular flexibility index (Phi) is 6.45. The molecule has 0 aliphatic rings. The topological polar surface area (TPSA) is 47.6 Å². The number of carbonyl (C=O) groups is 1. The summed E-state index contributed by atoms with van der Waals surface area (Å²) < 4.78 is 10.7. The maximum atomic E-state index is 11.5. The van der Waals surface area contributed by atoms with Gasteiger partial charge in [-0.3, -0.25) is 4.79 Å². The van der Waals surface area contributed by atoms with Gasteiger partial charge in [-0.05, 0) is 11.6 Å². The fraction of sp³-hybridized carbons (Fsp3) is 0.278. The smallest absolute Gasteiger partial charge is 0.222 e. The predicted octanol–water partition coefficient (Wildman–Crippen LogP) is 2.89. The van der Waals surface area contributed by atoms with Gasteiger partial charge in [0.1, 0.15) is 12.4 Å². The van der Waals surface area contributed by atoms with Crippen molar-refractivity contribution in [1.29, 1.82) is 0 Å². The summed E-state index contributed by atoms with van der Waals surface area (Å²) in [5.41, 5.74) is 2.16. The first-order valence-electron chi connectivity index (χ1n) is 7.34. The zero-order valence-electron chi connectivity index (χ0n) is 12.7. The maximum absolute atomic E-state index is 11.5. The third kappa shape index (κ3) is 4.90. The van der Waals surface area contributed by atoms with Gasteiger partial charge >= 0.3 is 0 Å². The van der Waals surface area contributed by atoms with Crippen LogP contribution in [0.5, 0.6) is 5.75 Å². The van der Waals surface area contributed by atoms with E-state index in [4.69, 9.17) is 9.47 Å². The average Bonchev–Trinajstić information content (AvgIpc) is 2.58. The molecular weight excluding hydrogens is 278 g/mol. The number of hydrogen-bond acceptors (Lipinski definition) is 3. The summed E-state index contributed by atoms with van der Waals surface area (Å²) in [7, 11) is 1.58. The molecule has 0 saturated carbocycles. The van der Waals surface area contributed by atoms with Crippen LogP contribution in [0.25, 0.3) is 11.1 Å². The summed E-state index contributed by atoms with van der Waals surface area (Å²) in [4.78, 5) is 11.5. The standard InChI is InChI=1S/C18H21NO3/c1-21-13-11-18(20)19-12-14-22-17-10-6-5-9-16(17)15-7-3-2-4-8-15/h2-10H,11-14H2,1H3,(H,19,20). The summed E-state index contributed by atoms with van der Waals surface area (Å²) in [5, 5.41) is 2.80. The summed E-state index contributed by atoms with van der Waals surface area (Å²) in [6.07, 6.45) is 0.372. The summed E-state index contributed by atoms with van der Waals surface area (Å²) in [5.74, 6) is 0.793. The van der Waals surface area contributed by atoms with Crippen molar-refractivity contribution in [1.82, 2.24) is 5.32 Å². The van der Waals surface area contributed by atoms with Gasteiger partial charge in [0.15, 0.2) is 0 Å². The number of amides is 1. The minimum atomic E-state index is -0.0261. The Bertz CT molecular complexity index is 584. The van der Waals surface area contributed by atoms with Gasteiger partial charge in [-0.1, -0.05) is 48.5 Å². The van der Waals surface area contributed by atoms with E-state index in [0.717, 1.165) is 16.9 Å². The van der Waals surface area contributed by atoms with Crippen molar-refractivity contribution in [2.45, 2.75) is 6.42 Å². The maximum Gasteiger partial charge on any atom is 0.222 e. The molecule has 2 rings (SSSR count). The molecule has 0 spiro atoms. The zero-order chi connectivity index (χ0) is 15.6. The molecule has 0 aromatic heterocycles. The van der Waals surface area contributed by atoms with Crippen molar-refractivity contribution in [3.05, 3.63) is 54.6 Å². The largest absolute Gasteiger partial charge is 0.491 e. The number of methoxy groups -OCH3 is 1. The number of para-hydroxylation sites is 1. The van der Waals surface area contributed by atoms with E-state index < -0.39 is 0 Å². The highest BCUT2D eigenvalue weighted by molar-refractivity contribution is 5.76. The normalized spacial score (nSPS) is 10.2. The molecule has 0 aliphatic heterocycles. The molecule has 4 nitrogen and oxygen atoms in total. The van der Waals surface area contributed by atoms with E-state index in [1.807, 2.05) is 42.5 Å². The Labute approximate surface area is 131 Å². The number of benzene rings is 2. The number of rotatable bonds is 8. The van der Waals surface area contributed by atoms with Crippen molar-refractivity contribution in [2.75, 3.05) is 26.9 Å². The Morgan fingerprint density at radius 2 is 1.73 bits per heavy atom. The van der Waals surface area contributed by atoms with E-state index in [-0.39, 0.29) is 5.91 Å². The van der Waals surface area contributed by atoms with Gasteiger partial charge < -0.3 is 14.8 Å². The van der Waals surface area contributed by atoms with Gasteiger partial charge in [0.2, 0.25) is 5.91 Å². The second-order valence-electron chi connectivity index (χ2n) is 4.80. The van der Waals surface area contributed by atoms with E-state index in [1.165, 1.54) is 0 Å². The molecule has 4 heteroatoms. The van der Waals surface area contributed by atoms with E-state index >= 15 is 0 Å². The SMILES string of the molecule is COCCC(=O)NCCOc1ccccc1-c1ccccc1. The molecule has 22 heavy (non-hydrogen) atoms. The first kappa shape index (κ1) is 16.0. The fourth-order valence-corrected chi connectivity index (χ4v) is 2.08. The van der Waals surface area contributed by atoms with Crippen molar-refractivity contribution in [3.8, 4) is 16.9 Å². The first-order chi connectivity index (χ1) is 10.8. The van der Waals surface area contributed by atoms with E-state index in [9.17, 15) is 4.79 Å². The number of carbonyl (C=O) groups excluding carboxylic acids is 1. The molecule has 2 aromatic carbocycles. The minimum Gasteiger partial charge on any atom is -0.491 e. The molecule has 0 saturated heterocycles. The van der Waals surface area contributed by atoms with Crippen LogP contribution >= 0.6 is 0 Å². The lowest BCUT2D eigenvalue weighted by molar-refractivity contribution is -0.122. The van der Waals surface area contributed by atoms with Gasteiger partial charge in [0, 0.05) is 19.1 Å². The van der Waals surface area contributed by atoms with Crippen LogP contribution in [-0.4, -0.2) is 32.8 Å². The lowest BCUT2D eigenvalue weighted by atomic mass is 10.1. The second kappa shape index (κ2) is 8.85. The van der Waals surface area contributed by atoms with Gasteiger partial charge in [-0.15, -0.1) is 0 Å². The molecule has 2 aromatic rings. The monoisotopic (exact) mass is 299 g/mol. The van der Waals surface area contributed by atoms with Gasteiger partial charge in [-0.2, -0.15) is 0 Å². The van der Waals surface area contributed by atoms with Gasteiger partial charge in [0.25, 0.3) is 0 Å². The molecule has 0 heterocycles. The molecule has 1 N–H and O–H groups in total. The van der Waals surface area contributed by atoms with Crippen molar-refractivity contribution in [3.63, 3.8) is 0 Å². The molecule has 116 valence electrons. The van der Waals surface area contributed by atoms with E-state index in [1.54, 1.807) is 7.11 Å². The summed E-state index contributed by atoms with van der Waals surface area (Å²) >= 11 is 0. The Balaban J connectivity index is 1.87. The van der Waals surface area contributed by atoms with Gasteiger partial charge in [0.05, 0.1) is 13.2 Å². The lowest BCUT2D eigenvalue weighted by Gasteiger charge is -2.12. The minimum absolute atomic E-state index is 0.0261. The molecule has 0 atom stereocenters. The third-order valence-corrected chi connectivity index (χ3v) is 3.19. The Morgan fingerprint density at radius 1 is 1.00 bits per heavy atom. The Morgan fingerprint density at radius 3 is 2.50 bits per heavy atom. The van der Waals surface area contributed by atoms with E-state index in [2.05, 4.69) is 17.4 Å². The molecule has 0 aliphatic carbocycles. The highest BCUT2D eigenvalue weighted by Gasteiger charge is 2.05. The van der Waals surface area contributed by atoms with Crippen LogP contribution in [0, 0.1) is 0 Å². The molecule has 0 bridgehead atoms. The van der Waals surface area contributed by atoms with Crippen LogP contribution in [0.15, 0.2) is 54.6 Å². The highest BCUT2D eigenvalue weighted by Crippen LogP contribution is 2.29. The lowest BCUT2D eigenvalue weighted by Crippen LogP contribution is -2.28. The van der Waals surface area contributed by atoms with Crippen molar-refractivity contribution >= 4 is 5.91 Å². The quantitative estimate of drug-likeness (QED) is 0.762. The van der Waals surface area contributed by atoms with Crippen LogP contribution in [0.4, 0.5) is 0 Å². The van der Waals surface area contributed by atoms with Crippen LogP contribution in [0.2, 0.25) is 0 Å². The molecule has 0 unspecified atom stereocenters. The second-order valence-corrected chi connectivity index (χ2v) is 4.80. The molecule has 0 fully saturated rings. The summed E-state index contributed by atoms with van der Waals surface area (Å²) in [6.45, 7) is 1.35. The molecule has 1 amide bonds.